The second-order valence-electron chi connectivity index (χ2n) is 8.47. The van der Waals surface area contributed by atoms with Gasteiger partial charge in [-0.2, -0.15) is 0 Å². The smallest absolute Gasteiger partial charge is 0.410 e. The Balaban J connectivity index is 1.50. The zero-order chi connectivity index (χ0) is 18.5. The van der Waals surface area contributed by atoms with Crippen molar-refractivity contribution in [3.8, 4) is 0 Å². The largest absolute Gasteiger partial charge is 0.444 e. The van der Waals surface area contributed by atoms with Gasteiger partial charge in [0.15, 0.2) is 0 Å². The molecule has 4 rings (SSSR count). The van der Waals surface area contributed by atoms with Crippen LogP contribution in [0.2, 0.25) is 0 Å². The van der Waals surface area contributed by atoms with E-state index in [0.29, 0.717) is 19.0 Å². The number of piperidine rings is 1. The molecular formula is C20H27N3O3. The number of hydrogen-bond acceptors (Lipinski definition) is 4. The Hall–Kier alpha value is -2.24. The molecule has 0 aliphatic carbocycles. The van der Waals surface area contributed by atoms with Crippen LogP contribution in [-0.2, 0) is 4.74 Å². The van der Waals surface area contributed by atoms with Crippen LogP contribution < -0.4 is 10.6 Å². The van der Waals surface area contributed by atoms with Gasteiger partial charge in [-0.25, -0.2) is 4.79 Å². The molecule has 0 radical (unpaired) electrons. The normalized spacial score (nSPS) is 22.5. The van der Waals surface area contributed by atoms with Crippen molar-refractivity contribution in [2.45, 2.75) is 57.6 Å². The maximum Gasteiger partial charge on any atom is 0.410 e. The van der Waals surface area contributed by atoms with Crippen LogP contribution in [0.5, 0.6) is 0 Å². The van der Waals surface area contributed by atoms with Gasteiger partial charge in [-0.1, -0.05) is 6.07 Å². The van der Waals surface area contributed by atoms with Crippen molar-refractivity contribution in [3.63, 3.8) is 0 Å². The number of carbonyl (C=O) groups excluding carboxylic acids is 2. The summed E-state index contributed by atoms with van der Waals surface area (Å²) in [6.45, 7) is 7.97. The van der Waals surface area contributed by atoms with Gasteiger partial charge >= 0.3 is 6.09 Å². The monoisotopic (exact) mass is 357 g/mol. The van der Waals surface area contributed by atoms with Crippen LogP contribution in [0.1, 0.15) is 73.5 Å². The fourth-order valence-electron chi connectivity index (χ4n) is 4.30. The lowest BCUT2D eigenvalue weighted by Gasteiger charge is -2.35. The molecular weight excluding hydrogens is 330 g/mol. The van der Waals surface area contributed by atoms with E-state index in [9.17, 15) is 9.59 Å². The minimum absolute atomic E-state index is 0.0428. The Morgan fingerprint density at radius 2 is 1.92 bits per heavy atom. The molecule has 3 heterocycles. The summed E-state index contributed by atoms with van der Waals surface area (Å²) in [5.74, 6) is 0.442. The molecule has 0 bridgehead atoms. The quantitative estimate of drug-likeness (QED) is 0.808. The average molecular weight is 357 g/mol. The molecule has 26 heavy (non-hydrogen) atoms. The lowest BCUT2D eigenvalue weighted by Crippen LogP contribution is -2.41. The summed E-state index contributed by atoms with van der Waals surface area (Å²) in [7, 11) is 0. The molecule has 1 fully saturated rings. The maximum absolute atomic E-state index is 12.3. The standard InChI is InChI=1S/C20H27N3O3/c1-20(2,3)26-19(25)23-10-7-12(8-11-23)13-4-5-14-16-15(22-18(14)24)6-9-21-17(13)16/h4-5,12,15,21H,6-11H2,1-3H3,(H,22,24). The molecule has 0 saturated carbocycles. The Labute approximate surface area is 154 Å². The van der Waals surface area contributed by atoms with Gasteiger partial charge in [-0.15, -0.1) is 0 Å². The summed E-state index contributed by atoms with van der Waals surface area (Å²) >= 11 is 0. The van der Waals surface area contributed by atoms with Crippen LogP contribution in [0.15, 0.2) is 12.1 Å². The molecule has 1 aromatic carbocycles. The molecule has 1 atom stereocenters. The van der Waals surface area contributed by atoms with Crippen molar-refractivity contribution < 1.29 is 14.3 Å². The number of hydrogen-bond donors (Lipinski definition) is 2. The fraction of sp³-hybridized carbons (Fsp3) is 0.600. The summed E-state index contributed by atoms with van der Waals surface area (Å²) in [5, 5.41) is 6.61. The summed E-state index contributed by atoms with van der Waals surface area (Å²) in [5.41, 5.74) is 3.93. The molecule has 6 nitrogen and oxygen atoms in total. The van der Waals surface area contributed by atoms with E-state index in [1.165, 1.54) is 5.56 Å². The Kier molecular flexibility index (Phi) is 4.09. The van der Waals surface area contributed by atoms with E-state index in [0.717, 1.165) is 42.6 Å². The number of carbonyl (C=O) groups is 2. The number of nitrogens with zero attached hydrogens (tertiary/aromatic N) is 1. The van der Waals surface area contributed by atoms with Crippen molar-refractivity contribution in [1.29, 1.82) is 0 Å². The zero-order valence-corrected chi connectivity index (χ0v) is 15.7. The molecule has 0 spiro atoms. The summed E-state index contributed by atoms with van der Waals surface area (Å²) in [6.07, 6.45) is 2.54. The molecule has 2 amide bonds. The van der Waals surface area contributed by atoms with Gasteiger partial charge in [-0.05, 0) is 57.6 Å². The molecule has 3 aliphatic rings. The van der Waals surface area contributed by atoms with Crippen LogP contribution >= 0.6 is 0 Å². The van der Waals surface area contributed by atoms with E-state index in [4.69, 9.17) is 4.74 Å². The second kappa shape index (κ2) is 6.18. The number of anilines is 1. The molecule has 0 aromatic heterocycles. The first-order chi connectivity index (χ1) is 12.3. The number of nitrogens with one attached hydrogen (secondary N) is 2. The molecule has 6 heteroatoms. The zero-order valence-electron chi connectivity index (χ0n) is 15.7. The predicted octanol–water partition coefficient (Wildman–Crippen LogP) is 3.40. The second-order valence-corrected chi connectivity index (χ2v) is 8.47. The minimum atomic E-state index is -0.462. The van der Waals surface area contributed by atoms with Crippen molar-refractivity contribution in [3.05, 3.63) is 28.8 Å². The Bertz CT molecular complexity index is 745. The van der Waals surface area contributed by atoms with E-state index < -0.39 is 5.60 Å². The van der Waals surface area contributed by atoms with Crippen LogP contribution in [0.25, 0.3) is 0 Å². The lowest BCUT2D eigenvalue weighted by atomic mass is 9.84. The predicted molar refractivity (Wildman–Crippen MR) is 99.5 cm³/mol. The van der Waals surface area contributed by atoms with E-state index in [1.807, 2.05) is 31.7 Å². The van der Waals surface area contributed by atoms with Crippen LogP contribution in [-0.4, -0.2) is 42.1 Å². The molecule has 1 unspecified atom stereocenters. The summed E-state index contributed by atoms with van der Waals surface area (Å²) < 4.78 is 5.49. The van der Waals surface area contributed by atoms with Crippen LogP contribution in [0.3, 0.4) is 0 Å². The lowest BCUT2D eigenvalue weighted by molar-refractivity contribution is 0.0205. The molecule has 1 aromatic rings. The first-order valence-electron chi connectivity index (χ1n) is 9.53. The SMILES string of the molecule is CC(C)(C)OC(=O)N1CCC(c2ccc3c4c2NCCC4NC3=O)CC1. The number of likely N-dealkylation sites (tertiary alicyclic amines) is 1. The van der Waals surface area contributed by atoms with Gasteiger partial charge in [0.25, 0.3) is 5.91 Å². The maximum atomic E-state index is 12.3. The number of rotatable bonds is 1. The molecule has 140 valence electrons. The fourth-order valence-corrected chi connectivity index (χ4v) is 4.30. The van der Waals surface area contributed by atoms with Crippen molar-refractivity contribution in [2.24, 2.45) is 0 Å². The van der Waals surface area contributed by atoms with Gasteiger partial charge in [0.1, 0.15) is 5.60 Å². The van der Waals surface area contributed by atoms with Crippen LogP contribution in [0.4, 0.5) is 10.5 Å². The van der Waals surface area contributed by atoms with E-state index >= 15 is 0 Å². The topological polar surface area (TPSA) is 70.7 Å². The van der Waals surface area contributed by atoms with Crippen LogP contribution in [0, 0.1) is 0 Å². The van der Waals surface area contributed by atoms with Gasteiger partial charge in [-0.3, -0.25) is 4.79 Å². The summed E-state index contributed by atoms with van der Waals surface area (Å²) in [4.78, 5) is 26.2. The van der Waals surface area contributed by atoms with E-state index in [-0.39, 0.29) is 18.0 Å². The third-order valence-electron chi connectivity index (χ3n) is 5.50. The number of amides is 2. The highest BCUT2D eigenvalue weighted by atomic mass is 16.6. The third kappa shape index (κ3) is 3.02. The first kappa shape index (κ1) is 17.2. The molecule has 3 aliphatic heterocycles. The number of ether oxygens (including phenoxy) is 1. The molecule has 2 N–H and O–H groups in total. The molecule has 1 saturated heterocycles. The van der Waals surface area contributed by atoms with Gasteiger partial charge < -0.3 is 20.3 Å². The highest BCUT2D eigenvalue weighted by molar-refractivity contribution is 6.01. The Morgan fingerprint density at radius 1 is 1.19 bits per heavy atom. The Morgan fingerprint density at radius 3 is 2.62 bits per heavy atom. The first-order valence-corrected chi connectivity index (χ1v) is 9.53. The minimum Gasteiger partial charge on any atom is -0.444 e. The van der Waals surface area contributed by atoms with Gasteiger partial charge in [0.2, 0.25) is 0 Å². The summed E-state index contributed by atoms with van der Waals surface area (Å²) in [6, 6.07) is 4.22. The van der Waals surface area contributed by atoms with Gasteiger partial charge in [0, 0.05) is 36.4 Å². The van der Waals surface area contributed by atoms with Gasteiger partial charge in [0.05, 0.1) is 6.04 Å². The average Bonchev–Trinajstić information content (AvgIpc) is 2.92. The highest BCUT2D eigenvalue weighted by Crippen LogP contribution is 2.43. The van der Waals surface area contributed by atoms with E-state index in [1.54, 1.807) is 0 Å². The number of benzene rings is 1. The third-order valence-corrected chi connectivity index (χ3v) is 5.50. The van der Waals surface area contributed by atoms with Crippen molar-refractivity contribution >= 4 is 17.7 Å². The highest BCUT2D eigenvalue weighted by Gasteiger charge is 2.36. The van der Waals surface area contributed by atoms with Crippen molar-refractivity contribution in [1.82, 2.24) is 10.2 Å². The van der Waals surface area contributed by atoms with E-state index in [2.05, 4.69) is 16.7 Å². The van der Waals surface area contributed by atoms with Crippen molar-refractivity contribution in [2.75, 3.05) is 25.0 Å².